The average Bonchev–Trinajstić information content (AvgIpc) is 2.29. The van der Waals surface area contributed by atoms with Gasteiger partial charge < -0.3 is 4.74 Å². The predicted octanol–water partition coefficient (Wildman–Crippen LogP) is 2.40. The summed E-state index contributed by atoms with van der Waals surface area (Å²) in [5.41, 5.74) is 1.24. The normalized spacial score (nSPS) is 20.2. The molecular weight excluding hydrogens is 186 g/mol. The number of methoxy groups -OCH3 is 1. The monoisotopic (exact) mass is 207 g/mol. The maximum atomic E-state index is 5.34. The summed E-state index contributed by atoms with van der Waals surface area (Å²) in [6, 6.07) is 0. The molecule has 15 heavy (non-hydrogen) atoms. The summed E-state index contributed by atoms with van der Waals surface area (Å²) in [5.74, 6) is 0. The Bertz CT molecular complexity index is 237. The Balaban J connectivity index is 2.37. The lowest BCUT2D eigenvalue weighted by Gasteiger charge is -2.31. The number of hydrogen-bond donors (Lipinski definition) is 0. The highest BCUT2D eigenvalue weighted by Crippen LogP contribution is 2.14. The lowest BCUT2D eigenvalue weighted by Crippen LogP contribution is -2.37. The summed E-state index contributed by atoms with van der Waals surface area (Å²) in [4.78, 5) is 2.44. The zero-order chi connectivity index (χ0) is 11.1. The van der Waals surface area contributed by atoms with Gasteiger partial charge in [0.05, 0.1) is 6.10 Å². The number of ether oxygens (including phenoxy) is 1. The number of piperidine rings is 1. The quantitative estimate of drug-likeness (QED) is 0.642. The van der Waals surface area contributed by atoms with Crippen LogP contribution in [0.2, 0.25) is 0 Å². The SMILES string of the molecule is C=C/C=C(\C=C)CN1CCC(OC)CC1. The first-order valence-electron chi connectivity index (χ1n) is 5.49. The van der Waals surface area contributed by atoms with Crippen LogP contribution in [0.3, 0.4) is 0 Å². The fourth-order valence-corrected chi connectivity index (χ4v) is 1.90. The van der Waals surface area contributed by atoms with Gasteiger partial charge in [-0.15, -0.1) is 0 Å². The molecule has 0 aromatic carbocycles. The Morgan fingerprint density at radius 2 is 2.07 bits per heavy atom. The molecule has 1 aliphatic heterocycles. The van der Waals surface area contributed by atoms with Crippen molar-refractivity contribution in [3.8, 4) is 0 Å². The number of hydrogen-bond acceptors (Lipinski definition) is 2. The Labute approximate surface area is 92.9 Å². The molecule has 2 nitrogen and oxygen atoms in total. The van der Waals surface area contributed by atoms with Crippen LogP contribution >= 0.6 is 0 Å². The van der Waals surface area contributed by atoms with Crippen LogP contribution in [0.1, 0.15) is 12.8 Å². The summed E-state index contributed by atoms with van der Waals surface area (Å²) in [5, 5.41) is 0. The Morgan fingerprint density at radius 3 is 2.53 bits per heavy atom. The van der Waals surface area contributed by atoms with Crippen molar-refractivity contribution in [3.05, 3.63) is 37.0 Å². The van der Waals surface area contributed by atoms with E-state index in [0.29, 0.717) is 6.10 Å². The molecule has 0 aromatic rings. The van der Waals surface area contributed by atoms with E-state index in [1.807, 2.05) is 18.2 Å². The second kappa shape index (κ2) is 6.59. The molecule has 0 radical (unpaired) electrons. The summed E-state index contributed by atoms with van der Waals surface area (Å²) in [7, 11) is 1.80. The second-order valence-corrected chi connectivity index (χ2v) is 3.89. The molecule has 1 aliphatic rings. The maximum Gasteiger partial charge on any atom is 0.0595 e. The third kappa shape index (κ3) is 4.02. The van der Waals surface area contributed by atoms with Crippen molar-refractivity contribution in [2.75, 3.05) is 26.7 Å². The standard InChI is InChI=1S/C13H21NO/c1-4-6-12(5-2)11-14-9-7-13(15-3)8-10-14/h4-6,13H,1-2,7-11H2,3H3/b12-6+. The summed E-state index contributed by atoms with van der Waals surface area (Å²) in [6.07, 6.45) is 8.47. The van der Waals surface area contributed by atoms with Crippen molar-refractivity contribution < 1.29 is 4.74 Å². The maximum absolute atomic E-state index is 5.34. The Hall–Kier alpha value is -0.860. The van der Waals surface area contributed by atoms with Crippen LogP contribution in [0.25, 0.3) is 0 Å². The van der Waals surface area contributed by atoms with E-state index in [0.717, 1.165) is 32.5 Å². The molecule has 0 N–H and O–H groups in total. The van der Waals surface area contributed by atoms with Gasteiger partial charge in [0.25, 0.3) is 0 Å². The predicted molar refractivity (Wildman–Crippen MR) is 64.9 cm³/mol. The molecule has 1 heterocycles. The van der Waals surface area contributed by atoms with Crippen LogP contribution in [-0.2, 0) is 4.74 Å². The van der Waals surface area contributed by atoms with E-state index in [4.69, 9.17) is 4.74 Å². The van der Waals surface area contributed by atoms with Crippen LogP contribution in [0, 0.1) is 0 Å². The highest BCUT2D eigenvalue weighted by Gasteiger charge is 2.18. The van der Waals surface area contributed by atoms with Gasteiger partial charge in [-0.2, -0.15) is 0 Å². The number of rotatable bonds is 5. The molecule has 0 unspecified atom stereocenters. The minimum absolute atomic E-state index is 0.455. The molecule has 84 valence electrons. The van der Waals surface area contributed by atoms with Crippen molar-refractivity contribution in [1.82, 2.24) is 4.90 Å². The highest BCUT2D eigenvalue weighted by atomic mass is 16.5. The minimum atomic E-state index is 0.455. The van der Waals surface area contributed by atoms with Gasteiger partial charge in [-0.25, -0.2) is 0 Å². The van der Waals surface area contributed by atoms with E-state index in [-0.39, 0.29) is 0 Å². The van der Waals surface area contributed by atoms with Crippen molar-refractivity contribution in [2.45, 2.75) is 18.9 Å². The summed E-state index contributed by atoms with van der Waals surface area (Å²) >= 11 is 0. The molecule has 0 saturated carbocycles. The largest absolute Gasteiger partial charge is 0.381 e. The van der Waals surface area contributed by atoms with Crippen molar-refractivity contribution in [2.24, 2.45) is 0 Å². The molecule has 0 bridgehead atoms. The van der Waals surface area contributed by atoms with Gasteiger partial charge in [-0.3, -0.25) is 4.90 Å². The fraction of sp³-hybridized carbons (Fsp3) is 0.538. The molecule has 0 aromatic heterocycles. The van der Waals surface area contributed by atoms with E-state index < -0.39 is 0 Å². The van der Waals surface area contributed by atoms with Crippen LogP contribution in [0.15, 0.2) is 37.0 Å². The van der Waals surface area contributed by atoms with Gasteiger partial charge in [0.15, 0.2) is 0 Å². The van der Waals surface area contributed by atoms with Crippen molar-refractivity contribution in [1.29, 1.82) is 0 Å². The molecular formula is C13H21NO. The van der Waals surface area contributed by atoms with E-state index in [9.17, 15) is 0 Å². The second-order valence-electron chi connectivity index (χ2n) is 3.89. The molecule has 0 aliphatic carbocycles. The molecule has 1 saturated heterocycles. The smallest absolute Gasteiger partial charge is 0.0595 e. The number of likely N-dealkylation sites (tertiary alicyclic amines) is 1. The Kier molecular flexibility index (Phi) is 5.37. The van der Waals surface area contributed by atoms with E-state index in [1.165, 1.54) is 5.57 Å². The summed E-state index contributed by atoms with van der Waals surface area (Å²) < 4.78 is 5.34. The van der Waals surface area contributed by atoms with Gasteiger partial charge in [0.2, 0.25) is 0 Å². The molecule has 1 rings (SSSR count). The molecule has 0 spiro atoms. The third-order valence-electron chi connectivity index (χ3n) is 2.87. The topological polar surface area (TPSA) is 12.5 Å². The van der Waals surface area contributed by atoms with Crippen molar-refractivity contribution in [3.63, 3.8) is 0 Å². The van der Waals surface area contributed by atoms with Crippen LogP contribution < -0.4 is 0 Å². The number of nitrogens with zero attached hydrogens (tertiary/aromatic N) is 1. The van der Waals surface area contributed by atoms with Gasteiger partial charge >= 0.3 is 0 Å². The average molecular weight is 207 g/mol. The summed E-state index contributed by atoms with van der Waals surface area (Å²) in [6.45, 7) is 10.7. The zero-order valence-electron chi connectivity index (χ0n) is 9.61. The highest BCUT2D eigenvalue weighted by molar-refractivity contribution is 5.22. The van der Waals surface area contributed by atoms with Gasteiger partial charge in [0.1, 0.15) is 0 Å². The third-order valence-corrected chi connectivity index (χ3v) is 2.87. The molecule has 1 fully saturated rings. The lowest BCUT2D eigenvalue weighted by atomic mass is 10.1. The van der Waals surface area contributed by atoms with E-state index in [2.05, 4.69) is 18.1 Å². The molecule has 0 atom stereocenters. The number of allylic oxidation sites excluding steroid dienone is 2. The Morgan fingerprint density at radius 1 is 1.40 bits per heavy atom. The van der Waals surface area contributed by atoms with Crippen molar-refractivity contribution >= 4 is 0 Å². The first-order valence-corrected chi connectivity index (χ1v) is 5.49. The minimum Gasteiger partial charge on any atom is -0.381 e. The van der Waals surface area contributed by atoms with Gasteiger partial charge in [-0.1, -0.05) is 31.4 Å². The zero-order valence-corrected chi connectivity index (χ0v) is 9.61. The van der Waals surface area contributed by atoms with Crippen LogP contribution in [0.4, 0.5) is 0 Å². The van der Waals surface area contributed by atoms with E-state index in [1.54, 1.807) is 7.11 Å². The first-order chi connectivity index (χ1) is 7.30. The first kappa shape index (κ1) is 12.2. The van der Waals surface area contributed by atoms with Crippen LogP contribution in [0.5, 0.6) is 0 Å². The van der Waals surface area contributed by atoms with Gasteiger partial charge in [-0.05, 0) is 18.4 Å². The lowest BCUT2D eigenvalue weighted by molar-refractivity contribution is 0.0440. The fourth-order valence-electron chi connectivity index (χ4n) is 1.90. The van der Waals surface area contributed by atoms with Gasteiger partial charge in [0, 0.05) is 26.7 Å². The van der Waals surface area contributed by atoms with E-state index >= 15 is 0 Å². The molecule has 0 amide bonds. The van der Waals surface area contributed by atoms with Crippen LogP contribution in [-0.4, -0.2) is 37.7 Å². The molecule has 2 heteroatoms.